The van der Waals surface area contributed by atoms with Crippen LogP contribution in [-0.2, 0) is 9.53 Å². The topological polar surface area (TPSA) is 51.2 Å². The molecule has 0 bridgehead atoms. The fourth-order valence-corrected chi connectivity index (χ4v) is 2.07. The molecule has 0 aliphatic carbocycles. The van der Waals surface area contributed by atoms with Crippen molar-refractivity contribution in [2.75, 3.05) is 11.9 Å². The number of aryl methyl sites for hydroxylation is 1. The zero-order chi connectivity index (χ0) is 12.3. The number of amides is 1. The van der Waals surface area contributed by atoms with Crippen molar-refractivity contribution in [1.82, 2.24) is 4.98 Å². The fourth-order valence-electron chi connectivity index (χ4n) is 1.88. The molecule has 2 rings (SSSR count). The molecule has 0 radical (unpaired) electrons. The van der Waals surface area contributed by atoms with E-state index in [1.54, 1.807) is 12.1 Å². The molecule has 1 saturated heterocycles. The Kier molecular flexibility index (Phi) is 3.97. The van der Waals surface area contributed by atoms with Gasteiger partial charge in [-0.1, -0.05) is 11.6 Å². The minimum absolute atomic E-state index is 0.0378. The number of carbonyl (C=O) groups excluding carboxylic acids is 1. The van der Waals surface area contributed by atoms with Gasteiger partial charge in [0.15, 0.2) is 0 Å². The van der Waals surface area contributed by atoms with Crippen LogP contribution in [0.3, 0.4) is 0 Å². The minimum atomic E-state index is -0.0378. The summed E-state index contributed by atoms with van der Waals surface area (Å²) in [5.74, 6) is -0.0378. The number of rotatable bonds is 3. The highest BCUT2D eigenvalue weighted by atomic mass is 35.5. The first-order valence-electron chi connectivity index (χ1n) is 5.70. The van der Waals surface area contributed by atoms with Crippen LogP contribution in [0.15, 0.2) is 12.1 Å². The van der Waals surface area contributed by atoms with E-state index in [4.69, 9.17) is 16.3 Å². The Hall–Kier alpha value is -1.13. The second kappa shape index (κ2) is 5.47. The van der Waals surface area contributed by atoms with E-state index in [1.165, 1.54) is 0 Å². The van der Waals surface area contributed by atoms with Crippen LogP contribution in [0.25, 0.3) is 0 Å². The Morgan fingerprint density at radius 1 is 1.65 bits per heavy atom. The molecule has 1 N–H and O–H groups in total. The summed E-state index contributed by atoms with van der Waals surface area (Å²) in [5.41, 5.74) is 1.43. The molecule has 17 heavy (non-hydrogen) atoms. The lowest BCUT2D eigenvalue weighted by Crippen LogP contribution is -2.19. The van der Waals surface area contributed by atoms with E-state index in [0.29, 0.717) is 17.3 Å². The molecule has 0 saturated carbocycles. The number of halogens is 1. The molecule has 1 amide bonds. The molecule has 1 aliphatic heterocycles. The Balaban J connectivity index is 1.93. The first kappa shape index (κ1) is 12.3. The lowest BCUT2D eigenvalue weighted by molar-refractivity contribution is -0.118. The summed E-state index contributed by atoms with van der Waals surface area (Å²) >= 11 is 5.75. The number of hydrogen-bond acceptors (Lipinski definition) is 3. The van der Waals surface area contributed by atoms with Crippen molar-refractivity contribution in [3.05, 3.63) is 23.0 Å². The van der Waals surface area contributed by atoms with E-state index in [1.807, 2.05) is 6.92 Å². The van der Waals surface area contributed by atoms with Gasteiger partial charge in [0.1, 0.15) is 5.15 Å². The summed E-state index contributed by atoms with van der Waals surface area (Å²) in [6, 6.07) is 3.42. The molecule has 1 unspecified atom stereocenters. The van der Waals surface area contributed by atoms with Crippen molar-refractivity contribution < 1.29 is 9.53 Å². The van der Waals surface area contributed by atoms with Crippen molar-refractivity contribution in [2.24, 2.45) is 0 Å². The molecule has 1 atom stereocenters. The average Bonchev–Trinajstić information content (AvgIpc) is 2.75. The number of anilines is 1. The third kappa shape index (κ3) is 3.41. The molecule has 1 aromatic heterocycles. The third-order valence-corrected chi connectivity index (χ3v) is 2.97. The first-order chi connectivity index (χ1) is 8.15. The van der Waals surface area contributed by atoms with Crippen molar-refractivity contribution >= 4 is 23.2 Å². The van der Waals surface area contributed by atoms with E-state index >= 15 is 0 Å². The second-order valence-electron chi connectivity index (χ2n) is 4.15. The predicted molar refractivity (Wildman–Crippen MR) is 66.2 cm³/mol. The SMILES string of the molecule is Cc1nc(Cl)ccc1NC(=O)CC1CCCO1. The molecule has 1 aromatic rings. The second-order valence-corrected chi connectivity index (χ2v) is 4.54. The largest absolute Gasteiger partial charge is 0.378 e. The first-order valence-corrected chi connectivity index (χ1v) is 6.07. The number of pyridine rings is 1. The van der Waals surface area contributed by atoms with E-state index in [-0.39, 0.29) is 12.0 Å². The molecular weight excluding hydrogens is 240 g/mol. The lowest BCUT2D eigenvalue weighted by Gasteiger charge is -2.11. The van der Waals surface area contributed by atoms with Crippen molar-refractivity contribution in [3.8, 4) is 0 Å². The summed E-state index contributed by atoms with van der Waals surface area (Å²) < 4.78 is 5.41. The Morgan fingerprint density at radius 2 is 2.47 bits per heavy atom. The minimum Gasteiger partial charge on any atom is -0.378 e. The van der Waals surface area contributed by atoms with E-state index in [0.717, 1.165) is 25.1 Å². The molecule has 4 nitrogen and oxygen atoms in total. The maximum Gasteiger partial charge on any atom is 0.227 e. The Bertz CT molecular complexity index is 417. The summed E-state index contributed by atoms with van der Waals surface area (Å²) in [6.07, 6.45) is 2.47. The van der Waals surface area contributed by atoms with Crippen LogP contribution >= 0.6 is 11.6 Å². The smallest absolute Gasteiger partial charge is 0.227 e. The molecular formula is C12H15ClN2O2. The summed E-state index contributed by atoms with van der Waals surface area (Å²) in [5, 5.41) is 3.25. The molecule has 2 heterocycles. The number of carbonyl (C=O) groups is 1. The zero-order valence-electron chi connectivity index (χ0n) is 9.70. The highest BCUT2D eigenvalue weighted by molar-refractivity contribution is 6.29. The van der Waals surface area contributed by atoms with Crippen LogP contribution in [0, 0.1) is 6.92 Å². The Morgan fingerprint density at radius 3 is 3.12 bits per heavy atom. The molecule has 1 fully saturated rings. The summed E-state index contributed by atoms with van der Waals surface area (Å²) in [7, 11) is 0. The van der Waals surface area contributed by atoms with Gasteiger partial charge in [-0.2, -0.15) is 0 Å². The standard InChI is InChI=1S/C12H15ClN2O2/c1-8-10(4-5-11(13)14-8)15-12(16)7-9-3-2-6-17-9/h4-5,9H,2-3,6-7H2,1H3,(H,15,16). The quantitative estimate of drug-likeness (QED) is 0.844. The molecule has 5 heteroatoms. The molecule has 0 spiro atoms. The molecule has 0 aromatic carbocycles. The molecule has 92 valence electrons. The van der Waals surface area contributed by atoms with Gasteiger partial charge in [-0.05, 0) is 31.9 Å². The number of hydrogen-bond donors (Lipinski definition) is 1. The van der Waals surface area contributed by atoms with Crippen LogP contribution in [0.1, 0.15) is 25.0 Å². The Labute approximate surface area is 105 Å². The maximum atomic E-state index is 11.8. The number of nitrogens with zero attached hydrogens (tertiary/aromatic N) is 1. The van der Waals surface area contributed by atoms with Gasteiger partial charge in [0, 0.05) is 6.61 Å². The van der Waals surface area contributed by atoms with Gasteiger partial charge in [-0.25, -0.2) is 4.98 Å². The third-order valence-electron chi connectivity index (χ3n) is 2.76. The lowest BCUT2D eigenvalue weighted by atomic mass is 10.1. The highest BCUT2D eigenvalue weighted by Crippen LogP contribution is 2.18. The predicted octanol–water partition coefficient (Wildman–Crippen LogP) is 2.55. The number of ether oxygens (including phenoxy) is 1. The van der Waals surface area contributed by atoms with Crippen LogP contribution < -0.4 is 5.32 Å². The zero-order valence-corrected chi connectivity index (χ0v) is 10.5. The van der Waals surface area contributed by atoms with Crippen LogP contribution in [0.4, 0.5) is 5.69 Å². The van der Waals surface area contributed by atoms with E-state index in [9.17, 15) is 4.79 Å². The van der Waals surface area contributed by atoms with Gasteiger partial charge in [0.25, 0.3) is 0 Å². The molecule has 1 aliphatic rings. The van der Waals surface area contributed by atoms with Crippen molar-refractivity contribution in [2.45, 2.75) is 32.3 Å². The van der Waals surface area contributed by atoms with Gasteiger partial charge in [0.2, 0.25) is 5.91 Å². The van der Waals surface area contributed by atoms with E-state index in [2.05, 4.69) is 10.3 Å². The van der Waals surface area contributed by atoms with Crippen LogP contribution in [-0.4, -0.2) is 23.6 Å². The van der Waals surface area contributed by atoms with Gasteiger partial charge >= 0.3 is 0 Å². The normalized spacial score (nSPS) is 19.3. The summed E-state index contributed by atoms with van der Waals surface area (Å²) in [4.78, 5) is 15.8. The number of aromatic nitrogens is 1. The van der Waals surface area contributed by atoms with Gasteiger partial charge < -0.3 is 10.1 Å². The van der Waals surface area contributed by atoms with Crippen molar-refractivity contribution in [1.29, 1.82) is 0 Å². The van der Waals surface area contributed by atoms with E-state index < -0.39 is 0 Å². The van der Waals surface area contributed by atoms with Gasteiger partial charge in [-0.3, -0.25) is 4.79 Å². The van der Waals surface area contributed by atoms with Crippen LogP contribution in [0.5, 0.6) is 0 Å². The summed E-state index contributed by atoms with van der Waals surface area (Å²) in [6.45, 7) is 2.58. The van der Waals surface area contributed by atoms with Gasteiger partial charge in [-0.15, -0.1) is 0 Å². The average molecular weight is 255 g/mol. The fraction of sp³-hybridized carbons (Fsp3) is 0.500. The maximum absolute atomic E-state index is 11.8. The van der Waals surface area contributed by atoms with Gasteiger partial charge in [0.05, 0.1) is 23.9 Å². The number of nitrogens with one attached hydrogen (secondary N) is 1. The monoisotopic (exact) mass is 254 g/mol. The van der Waals surface area contributed by atoms with Crippen LogP contribution in [0.2, 0.25) is 5.15 Å². The van der Waals surface area contributed by atoms with Crippen molar-refractivity contribution in [3.63, 3.8) is 0 Å². The highest BCUT2D eigenvalue weighted by Gasteiger charge is 2.19.